The second-order valence-electron chi connectivity index (χ2n) is 4.49. The summed E-state index contributed by atoms with van der Waals surface area (Å²) >= 11 is 0. The predicted molar refractivity (Wildman–Crippen MR) is 75.3 cm³/mol. The van der Waals surface area contributed by atoms with Crippen molar-refractivity contribution in [3.05, 3.63) is 29.8 Å². The van der Waals surface area contributed by atoms with Gasteiger partial charge in [0, 0.05) is 6.04 Å². The molecule has 0 heterocycles. The molecule has 0 amide bonds. The van der Waals surface area contributed by atoms with Crippen molar-refractivity contribution in [3.8, 4) is 5.75 Å². The molecule has 0 N–H and O–H groups in total. The Morgan fingerprint density at radius 3 is 2.26 bits per heavy atom. The summed E-state index contributed by atoms with van der Waals surface area (Å²) in [6.45, 7) is 4.85. The molecule has 4 heteroatoms. The van der Waals surface area contributed by atoms with Gasteiger partial charge < -0.3 is 14.4 Å². The number of hydrogen-bond acceptors (Lipinski definition) is 4. The Bertz CT molecular complexity index is 387. The van der Waals surface area contributed by atoms with E-state index in [4.69, 9.17) is 9.47 Å². The van der Waals surface area contributed by atoms with Crippen LogP contribution >= 0.6 is 0 Å². The Labute approximate surface area is 115 Å². The van der Waals surface area contributed by atoms with Gasteiger partial charge in [0.15, 0.2) is 0 Å². The minimum Gasteiger partial charge on any atom is -0.494 e. The van der Waals surface area contributed by atoms with Crippen LogP contribution in [0.4, 0.5) is 0 Å². The zero-order chi connectivity index (χ0) is 14.3. The molecule has 0 spiro atoms. The van der Waals surface area contributed by atoms with Crippen LogP contribution in [-0.2, 0) is 9.53 Å². The predicted octanol–water partition coefficient (Wildman–Crippen LogP) is 2.64. The average molecular weight is 265 g/mol. The van der Waals surface area contributed by atoms with Gasteiger partial charge in [0.2, 0.25) is 0 Å². The molecule has 4 nitrogen and oxygen atoms in total. The van der Waals surface area contributed by atoms with Crippen LogP contribution in [0, 0.1) is 0 Å². The van der Waals surface area contributed by atoms with Crippen molar-refractivity contribution < 1.29 is 14.3 Å². The third-order valence-corrected chi connectivity index (χ3v) is 2.86. The number of esters is 1. The molecule has 0 bridgehead atoms. The highest BCUT2D eigenvalue weighted by Crippen LogP contribution is 2.24. The van der Waals surface area contributed by atoms with Gasteiger partial charge in [-0.15, -0.1) is 0 Å². The molecular weight excluding hydrogens is 242 g/mol. The fraction of sp³-hybridized carbons (Fsp3) is 0.533. The van der Waals surface area contributed by atoms with Crippen molar-refractivity contribution in [2.75, 3.05) is 27.3 Å². The van der Waals surface area contributed by atoms with E-state index in [1.807, 2.05) is 57.1 Å². The maximum atomic E-state index is 11.6. The number of rotatable bonds is 7. The van der Waals surface area contributed by atoms with Gasteiger partial charge in [0.05, 0.1) is 19.6 Å². The number of nitrogens with zero attached hydrogens (tertiary/aromatic N) is 1. The molecule has 0 aliphatic rings. The molecule has 0 saturated heterocycles. The van der Waals surface area contributed by atoms with E-state index in [1.165, 1.54) is 0 Å². The number of carbonyl (C=O) groups is 1. The summed E-state index contributed by atoms with van der Waals surface area (Å²) in [4.78, 5) is 13.6. The zero-order valence-electron chi connectivity index (χ0n) is 12.2. The van der Waals surface area contributed by atoms with Crippen molar-refractivity contribution in [3.63, 3.8) is 0 Å². The summed E-state index contributed by atoms with van der Waals surface area (Å²) in [6.07, 6.45) is 0.356. The van der Waals surface area contributed by atoms with Gasteiger partial charge in [-0.1, -0.05) is 12.1 Å². The van der Waals surface area contributed by atoms with E-state index >= 15 is 0 Å². The quantitative estimate of drug-likeness (QED) is 0.710. The third kappa shape index (κ3) is 4.91. The van der Waals surface area contributed by atoms with Crippen LogP contribution in [0.3, 0.4) is 0 Å². The minimum atomic E-state index is -0.171. The second kappa shape index (κ2) is 7.79. The van der Waals surface area contributed by atoms with Crippen LogP contribution in [0.2, 0.25) is 0 Å². The van der Waals surface area contributed by atoms with E-state index in [0.29, 0.717) is 19.6 Å². The lowest BCUT2D eigenvalue weighted by atomic mass is 10.0. The van der Waals surface area contributed by atoms with Crippen LogP contribution in [0.1, 0.15) is 31.9 Å². The minimum absolute atomic E-state index is 0.0229. The standard InChI is InChI=1S/C15H23NO3/c1-5-18-13-9-7-12(8-10-13)14(16(3)4)11-15(17)19-6-2/h7-10,14H,5-6,11H2,1-4H3. The number of ether oxygens (including phenoxy) is 2. The van der Waals surface area contributed by atoms with Gasteiger partial charge in [0.25, 0.3) is 0 Å². The molecule has 0 fully saturated rings. The molecule has 1 aromatic rings. The zero-order valence-corrected chi connectivity index (χ0v) is 12.2. The molecule has 1 atom stereocenters. The Balaban J connectivity index is 2.78. The molecule has 0 saturated carbocycles. The average Bonchev–Trinajstić information content (AvgIpc) is 2.37. The Kier molecular flexibility index (Phi) is 6.36. The molecule has 1 unspecified atom stereocenters. The molecular formula is C15H23NO3. The summed E-state index contributed by atoms with van der Waals surface area (Å²) in [5.41, 5.74) is 1.08. The van der Waals surface area contributed by atoms with Crippen LogP contribution in [0.25, 0.3) is 0 Å². The van der Waals surface area contributed by atoms with Gasteiger partial charge in [-0.05, 0) is 45.6 Å². The van der Waals surface area contributed by atoms with Crippen molar-refractivity contribution in [1.29, 1.82) is 0 Å². The Morgan fingerprint density at radius 1 is 1.16 bits per heavy atom. The van der Waals surface area contributed by atoms with Crippen LogP contribution < -0.4 is 4.74 Å². The van der Waals surface area contributed by atoms with E-state index < -0.39 is 0 Å². The fourth-order valence-electron chi connectivity index (χ4n) is 1.93. The molecule has 0 aliphatic heterocycles. The maximum absolute atomic E-state index is 11.6. The second-order valence-corrected chi connectivity index (χ2v) is 4.49. The van der Waals surface area contributed by atoms with Gasteiger partial charge >= 0.3 is 5.97 Å². The van der Waals surface area contributed by atoms with Gasteiger partial charge in [-0.2, -0.15) is 0 Å². The Morgan fingerprint density at radius 2 is 1.79 bits per heavy atom. The van der Waals surface area contributed by atoms with E-state index in [2.05, 4.69) is 0 Å². The third-order valence-electron chi connectivity index (χ3n) is 2.86. The van der Waals surface area contributed by atoms with Crippen molar-refractivity contribution in [2.24, 2.45) is 0 Å². The molecule has 1 rings (SSSR count). The van der Waals surface area contributed by atoms with Crippen LogP contribution in [0.5, 0.6) is 5.75 Å². The van der Waals surface area contributed by atoms with E-state index in [0.717, 1.165) is 11.3 Å². The molecule has 106 valence electrons. The normalized spacial score (nSPS) is 12.3. The largest absolute Gasteiger partial charge is 0.494 e. The summed E-state index contributed by atoms with van der Waals surface area (Å²) < 4.78 is 10.4. The van der Waals surface area contributed by atoms with Gasteiger partial charge in [-0.3, -0.25) is 4.79 Å². The molecule has 0 aromatic heterocycles. The van der Waals surface area contributed by atoms with Crippen LogP contribution in [0.15, 0.2) is 24.3 Å². The summed E-state index contributed by atoms with van der Waals surface area (Å²) in [6, 6.07) is 7.87. The first kappa shape index (κ1) is 15.5. The summed E-state index contributed by atoms with van der Waals surface area (Å²) in [7, 11) is 3.92. The highest BCUT2D eigenvalue weighted by atomic mass is 16.5. The van der Waals surface area contributed by atoms with Crippen molar-refractivity contribution in [2.45, 2.75) is 26.3 Å². The molecule has 1 aromatic carbocycles. The van der Waals surface area contributed by atoms with E-state index in [9.17, 15) is 4.79 Å². The molecule has 19 heavy (non-hydrogen) atoms. The summed E-state index contributed by atoms with van der Waals surface area (Å²) in [5, 5.41) is 0. The number of benzene rings is 1. The van der Waals surface area contributed by atoms with Crippen molar-refractivity contribution >= 4 is 5.97 Å². The van der Waals surface area contributed by atoms with E-state index in [1.54, 1.807) is 0 Å². The van der Waals surface area contributed by atoms with Gasteiger partial charge in [-0.25, -0.2) is 0 Å². The Hall–Kier alpha value is -1.55. The number of hydrogen-bond donors (Lipinski definition) is 0. The highest BCUT2D eigenvalue weighted by molar-refractivity contribution is 5.70. The maximum Gasteiger partial charge on any atom is 0.307 e. The first-order valence-electron chi connectivity index (χ1n) is 6.63. The smallest absolute Gasteiger partial charge is 0.307 e. The lowest BCUT2D eigenvalue weighted by Gasteiger charge is -2.24. The highest BCUT2D eigenvalue weighted by Gasteiger charge is 2.18. The van der Waals surface area contributed by atoms with E-state index in [-0.39, 0.29) is 12.0 Å². The lowest BCUT2D eigenvalue weighted by Crippen LogP contribution is -2.23. The topological polar surface area (TPSA) is 38.8 Å². The fourth-order valence-corrected chi connectivity index (χ4v) is 1.93. The first-order chi connectivity index (χ1) is 9.08. The molecule has 0 radical (unpaired) electrons. The first-order valence-corrected chi connectivity index (χ1v) is 6.63. The van der Waals surface area contributed by atoms with Gasteiger partial charge in [0.1, 0.15) is 5.75 Å². The van der Waals surface area contributed by atoms with Crippen molar-refractivity contribution in [1.82, 2.24) is 4.90 Å². The lowest BCUT2D eigenvalue weighted by molar-refractivity contribution is -0.144. The number of carbonyl (C=O) groups excluding carboxylic acids is 1. The SMILES string of the molecule is CCOC(=O)CC(c1ccc(OCC)cc1)N(C)C. The van der Waals surface area contributed by atoms with Crippen LogP contribution in [-0.4, -0.2) is 38.2 Å². The monoisotopic (exact) mass is 265 g/mol. The molecule has 0 aliphatic carbocycles. The summed E-state index contributed by atoms with van der Waals surface area (Å²) in [5.74, 6) is 0.676.